The van der Waals surface area contributed by atoms with Gasteiger partial charge in [0.25, 0.3) is 5.91 Å². The highest BCUT2D eigenvalue weighted by Crippen LogP contribution is 2.24. The number of thiazole rings is 1. The topological polar surface area (TPSA) is 66.5 Å². The molecule has 9 heteroatoms. The van der Waals surface area contributed by atoms with Gasteiger partial charge < -0.3 is 15.4 Å². The molecule has 1 aliphatic rings. The number of morpholine rings is 1. The number of rotatable bonds is 7. The summed E-state index contributed by atoms with van der Waals surface area (Å²) in [6.07, 6.45) is 0.880. The van der Waals surface area contributed by atoms with E-state index >= 15 is 0 Å². The Morgan fingerprint density at radius 1 is 1.38 bits per heavy atom. The zero-order chi connectivity index (χ0) is 18.4. The van der Waals surface area contributed by atoms with Gasteiger partial charge in [0.15, 0.2) is 5.13 Å². The van der Waals surface area contributed by atoms with Gasteiger partial charge >= 0.3 is 0 Å². The van der Waals surface area contributed by atoms with Crippen LogP contribution in [0, 0.1) is 5.82 Å². The average molecular weight is 399 g/mol. The van der Waals surface area contributed by atoms with Crippen LogP contribution < -0.4 is 10.6 Å². The van der Waals surface area contributed by atoms with Crippen LogP contribution in [-0.2, 0) is 4.74 Å². The first-order valence-electron chi connectivity index (χ1n) is 8.38. The van der Waals surface area contributed by atoms with Gasteiger partial charge in [-0.2, -0.15) is 0 Å². The van der Waals surface area contributed by atoms with Crippen LogP contribution in [0.15, 0.2) is 23.6 Å². The van der Waals surface area contributed by atoms with Crippen molar-refractivity contribution in [3.05, 3.63) is 40.1 Å². The van der Waals surface area contributed by atoms with Crippen molar-refractivity contribution < 1.29 is 13.9 Å². The maximum Gasteiger partial charge on any atom is 0.270 e. The second-order valence-corrected chi connectivity index (χ2v) is 7.12. The molecule has 140 valence electrons. The molecule has 1 aromatic carbocycles. The predicted molar refractivity (Wildman–Crippen MR) is 101 cm³/mol. The smallest absolute Gasteiger partial charge is 0.270 e. The quantitative estimate of drug-likeness (QED) is 0.701. The number of ether oxygens (including phenoxy) is 1. The summed E-state index contributed by atoms with van der Waals surface area (Å²) in [7, 11) is 0. The highest BCUT2D eigenvalue weighted by molar-refractivity contribution is 7.14. The Labute approximate surface area is 160 Å². The number of hydrogen-bond acceptors (Lipinski definition) is 6. The van der Waals surface area contributed by atoms with Crippen LogP contribution in [0.2, 0.25) is 5.02 Å². The molecule has 1 aromatic heterocycles. The first kappa shape index (κ1) is 19.0. The number of carbonyl (C=O) groups is 1. The fraction of sp³-hybridized carbons (Fsp3) is 0.412. The Bertz CT molecular complexity index is 752. The Balaban J connectivity index is 1.44. The number of nitrogens with one attached hydrogen (secondary N) is 2. The van der Waals surface area contributed by atoms with Crippen molar-refractivity contribution >= 4 is 39.7 Å². The molecule has 0 aliphatic carbocycles. The number of benzene rings is 1. The monoisotopic (exact) mass is 398 g/mol. The van der Waals surface area contributed by atoms with Gasteiger partial charge in [0.05, 0.1) is 18.2 Å². The number of hydrogen-bond donors (Lipinski definition) is 2. The molecule has 0 unspecified atom stereocenters. The van der Waals surface area contributed by atoms with Gasteiger partial charge in [-0.05, 0) is 31.2 Å². The van der Waals surface area contributed by atoms with E-state index < -0.39 is 5.82 Å². The zero-order valence-corrected chi connectivity index (χ0v) is 15.7. The molecule has 2 aromatic rings. The fourth-order valence-electron chi connectivity index (χ4n) is 2.55. The van der Waals surface area contributed by atoms with E-state index in [1.165, 1.54) is 23.5 Å². The molecule has 3 rings (SSSR count). The van der Waals surface area contributed by atoms with E-state index in [1.54, 1.807) is 11.4 Å². The molecule has 2 N–H and O–H groups in total. The molecule has 0 radical (unpaired) electrons. The molecule has 0 saturated carbocycles. The molecule has 0 bridgehead atoms. The van der Waals surface area contributed by atoms with Crippen LogP contribution in [-0.4, -0.2) is 55.2 Å². The van der Waals surface area contributed by atoms with E-state index in [2.05, 4.69) is 20.5 Å². The SMILES string of the molecule is O=C(NCCCN1CCOCC1)c1csc(Nc2ccc(Cl)c(F)c2)n1. The summed E-state index contributed by atoms with van der Waals surface area (Å²) in [5.74, 6) is -0.718. The van der Waals surface area contributed by atoms with Gasteiger partial charge in [0, 0.05) is 30.7 Å². The third-order valence-electron chi connectivity index (χ3n) is 3.95. The summed E-state index contributed by atoms with van der Waals surface area (Å²) in [5.41, 5.74) is 0.872. The number of amides is 1. The molecule has 0 spiro atoms. The lowest BCUT2D eigenvalue weighted by atomic mass is 10.3. The number of anilines is 2. The minimum atomic E-state index is -0.508. The minimum Gasteiger partial charge on any atom is -0.379 e. The van der Waals surface area contributed by atoms with Crippen LogP contribution in [0.3, 0.4) is 0 Å². The van der Waals surface area contributed by atoms with Crippen molar-refractivity contribution in [2.45, 2.75) is 6.42 Å². The van der Waals surface area contributed by atoms with E-state index in [4.69, 9.17) is 16.3 Å². The van der Waals surface area contributed by atoms with E-state index in [-0.39, 0.29) is 10.9 Å². The summed E-state index contributed by atoms with van der Waals surface area (Å²) in [6, 6.07) is 4.40. The molecule has 1 aliphatic heterocycles. The maximum atomic E-state index is 13.5. The normalized spacial score (nSPS) is 15.0. The number of carbonyl (C=O) groups excluding carboxylic acids is 1. The lowest BCUT2D eigenvalue weighted by molar-refractivity contribution is 0.0374. The third kappa shape index (κ3) is 5.38. The molecule has 2 heterocycles. The van der Waals surface area contributed by atoms with Crippen molar-refractivity contribution in [1.29, 1.82) is 0 Å². The Morgan fingerprint density at radius 3 is 2.96 bits per heavy atom. The van der Waals surface area contributed by atoms with E-state index in [0.29, 0.717) is 23.1 Å². The molecule has 6 nitrogen and oxygen atoms in total. The first-order chi connectivity index (χ1) is 12.6. The van der Waals surface area contributed by atoms with Crippen LogP contribution >= 0.6 is 22.9 Å². The Hall–Kier alpha value is -1.74. The zero-order valence-electron chi connectivity index (χ0n) is 14.1. The molecule has 1 saturated heterocycles. The van der Waals surface area contributed by atoms with Gasteiger partial charge in [-0.1, -0.05) is 11.6 Å². The summed E-state index contributed by atoms with van der Waals surface area (Å²) in [4.78, 5) is 18.7. The lowest BCUT2D eigenvalue weighted by Crippen LogP contribution is -2.38. The Morgan fingerprint density at radius 2 is 2.19 bits per heavy atom. The van der Waals surface area contributed by atoms with Gasteiger partial charge in [0.1, 0.15) is 11.5 Å². The third-order valence-corrected chi connectivity index (χ3v) is 5.01. The van der Waals surface area contributed by atoms with Gasteiger partial charge in [-0.15, -0.1) is 11.3 Å². The van der Waals surface area contributed by atoms with Crippen molar-refractivity contribution in [3.8, 4) is 0 Å². The first-order valence-corrected chi connectivity index (χ1v) is 9.63. The van der Waals surface area contributed by atoms with Crippen molar-refractivity contribution in [2.75, 3.05) is 44.7 Å². The number of halogens is 2. The number of nitrogens with zero attached hydrogens (tertiary/aromatic N) is 2. The highest BCUT2D eigenvalue weighted by Gasteiger charge is 2.12. The maximum absolute atomic E-state index is 13.5. The van der Waals surface area contributed by atoms with Crippen LogP contribution in [0.1, 0.15) is 16.9 Å². The van der Waals surface area contributed by atoms with Crippen LogP contribution in [0.25, 0.3) is 0 Å². The standard InChI is InChI=1S/C17H20ClFN4O2S/c18-13-3-2-12(10-14(13)19)21-17-22-15(11-26-17)16(24)20-4-1-5-23-6-8-25-9-7-23/h2-3,10-11H,1,4-9H2,(H,20,24)(H,21,22). The van der Waals surface area contributed by atoms with Crippen LogP contribution in [0.5, 0.6) is 0 Å². The fourth-order valence-corrected chi connectivity index (χ4v) is 3.38. The molecule has 0 atom stereocenters. The summed E-state index contributed by atoms with van der Waals surface area (Å²) in [6.45, 7) is 4.98. The van der Waals surface area contributed by atoms with Gasteiger partial charge in [0.2, 0.25) is 0 Å². The summed E-state index contributed by atoms with van der Waals surface area (Å²) in [5, 5.41) is 8.10. The summed E-state index contributed by atoms with van der Waals surface area (Å²) >= 11 is 6.95. The molecular formula is C17H20ClFN4O2S. The van der Waals surface area contributed by atoms with E-state index in [9.17, 15) is 9.18 Å². The Kier molecular flexibility index (Phi) is 6.79. The molecule has 1 fully saturated rings. The predicted octanol–water partition coefficient (Wildman–Crippen LogP) is 3.13. The second-order valence-electron chi connectivity index (χ2n) is 5.86. The molecular weight excluding hydrogens is 379 g/mol. The van der Waals surface area contributed by atoms with Gasteiger partial charge in [-0.3, -0.25) is 9.69 Å². The van der Waals surface area contributed by atoms with Crippen molar-refractivity contribution in [3.63, 3.8) is 0 Å². The molecule has 1 amide bonds. The average Bonchev–Trinajstić information content (AvgIpc) is 3.11. The van der Waals surface area contributed by atoms with Gasteiger partial charge in [-0.25, -0.2) is 9.37 Å². The highest BCUT2D eigenvalue weighted by atomic mass is 35.5. The number of aromatic nitrogens is 1. The van der Waals surface area contributed by atoms with E-state index in [0.717, 1.165) is 39.3 Å². The summed E-state index contributed by atoms with van der Waals surface area (Å²) < 4.78 is 18.8. The lowest BCUT2D eigenvalue weighted by Gasteiger charge is -2.26. The van der Waals surface area contributed by atoms with E-state index in [1.807, 2.05) is 0 Å². The van der Waals surface area contributed by atoms with Crippen LogP contribution in [0.4, 0.5) is 15.2 Å². The molecule has 26 heavy (non-hydrogen) atoms. The van der Waals surface area contributed by atoms with Crippen molar-refractivity contribution in [2.24, 2.45) is 0 Å². The largest absolute Gasteiger partial charge is 0.379 e. The second kappa shape index (κ2) is 9.27. The minimum absolute atomic E-state index is 0.0619. The van der Waals surface area contributed by atoms with Crippen molar-refractivity contribution in [1.82, 2.24) is 15.2 Å².